The summed E-state index contributed by atoms with van der Waals surface area (Å²) >= 11 is 0. The number of hydrogen-bond donors (Lipinski definition) is 0. The molecular formula is C18H31O4-. The van der Waals surface area contributed by atoms with Gasteiger partial charge >= 0.3 is 5.97 Å². The summed E-state index contributed by atoms with van der Waals surface area (Å²) in [5.74, 6) is -1.67. The summed E-state index contributed by atoms with van der Waals surface area (Å²) in [5, 5.41) is 11.0. The van der Waals surface area contributed by atoms with Gasteiger partial charge < -0.3 is 14.6 Å². The monoisotopic (exact) mass is 311 g/mol. The molecule has 0 N–H and O–H groups in total. The Kier molecular flexibility index (Phi) is 12.5. The van der Waals surface area contributed by atoms with Crippen molar-refractivity contribution in [3.8, 4) is 0 Å². The van der Waals surface area contributed by atoms with Gasteiger partial charge in [0.1, 0.15) is 0 Å². The average molecular weight is 311 g/mol. The lowest BCUT2D eigenvalue weighted by atomic mass is 9.96. The van der Waals surface area contributed by atoms with Crippen LogP contribution in [0.3, 0.4) is 0 Å². The van der Waals surface area contributed by atoms with Crippen LogP contribution in [-0.2, 0) is 14.3 Å². The number of unbranched alkanes of at least 4 members (excludes halogenated alkanes) is 2. The van der Waals surface area contributed by atoms with Crippen LogP contribution in [0.15, 0.2) is 12.2 Å². The van der Waals surface area contributed by atoms with Crippen LogP contribution in [0, 0.1) is 11.8 Å². The van der Waals surface area contributed by atoms with Gasteiger partial charge in [-0.15, -0.1) is 0 Å². The van der Waals surface area contributed by atoms with Crippen molar-refractivity contribution in [3.63, 3.8) is 0 Å². The maximum atomic E-state index is 11.9. The molecule has 0 heterocycles. The van der Waals surface area contributed by atoms with Crippen molar-refractivity contribution in [2.24, 2.45) is 11.8 Å². The van der Waals surface area contributed by atoms with E-state index in [-0.39, 0.29) is 11.9 Å². The summed E-state index contributed by atoms with van der Waals surface area (Å²) in [6.45, 7) is 6.34. The smallest absolute Gasteiger partial charge is 0.309 e. The summed E-state index contributed by atoms with van der Waals surface area (Å²) < 4.78 is 5.09. The molecule has 2 unspecified atom stereocenters. The highest BCUT2D eigenvalue weighted by atomic mass is 16.5. The van der Waals surface area contributed by atoms with Crippen LogP contribution < -0.4 is 5.11 Å². The topological polar surface area (TPSA) is 66.4 Å². The van der Waals surface area contributed by atoms with E-state index in [0.29, 0.717) is 25.9 Å². The van der Waals surface area contributed by atoms with Crippen molar-refractivity contribution in [3.05, 3.63) is 12.2 Å². The fraction of sp³-hybridized carbons (Fsp3) is 0.778. The number of esters is 1. The van der Waals surface area contributed by atoms with E-state index >= 15 is 0 Å². The molecule has 0 fully saturated rings. The summed E-state index contributed by atoms with van der Waals surface area (Å²) in [5.41, 5.74) is 0. The summed E-state index contributed by atoms with van der Waals surface area (Å²) in [6, 6.07) is 0. The number of carbonyl (C=O) groups excluding carboxylic acids is 2. The van der Waals surface area contributed by atoms with Crippen molar-refractivity contribution in [1.82, 2.24) is 0 Å². The Morgan fingerprint density at radius 3 is 1.91 bits per heavy atom. The molecule has 0 aromatic rings. The first-order valence-corrected chi connectivity index (χ1v) is 8.59. The molecule has 0 rings (SSSR count). The third-order valence-corrected chi connectivity index (χ3v) is 3.77. The lowest BCUT2D eigenvalue weighted by Crippen LogP contribution is -2.31. The molecule has 4 nitrogen and oxygen atoms in total. The number of allylic oxidation sites excluding steroid dienone is 2. The molecule has 4 heteroatoms. The minimum Gasteiger partial charge on any atom is -0.550 e. The third-order valence-electron chi connectivity index (χ3n) is 3.77. The van der Waals surface area contributed by atoms with E-state index in [1.165, 1.54) is 0 Å². The van der Waals surface area contributed by atoms with E-state index in [1.54, 1.807) is 0 Å². The van der Waals surface area contributed by atoms with Crippen LogP contribution >= 0.6 is 0 Å². The van der Waals surface area contributed by atoms with Gasteiger partial charge in [-0.2, -0.15) is 0 Å². The zero-order chi connectivity index (χ0) is 16.8. The minimum absolute atomic E-state index is 0.117. The minimum atomic E-state index is -0.981. The molecular weight excluding hydrogens is 280 g/mol. The molecule has 0 aromatic carbocycles. The van der Waals surface area contributed by atoms with Crippen molar-refractivity contribution >= 4 is 11.9 Å². The molecule has 0 bridgehead atoms. The standard InChI is InChI=1S/C18H32O4/c1-4-7-11-15(17(19)20)13-9-10-14-16(12-8-5-2)18(21)22-6-3/h9-10,15-16H,4-8,11-14H2,1-3H3,(H,19,20)/p-1. The molecule has 0 aliphatic heterocycles. The Morgan fingerprint density at radius 2 is 1.45 bits per heavy atom. The number of hydrogen-bond acceptors (Lipinski definition) is 4. The molecule has 2 atom stereocenters. The molecule has 0 aliphatic carbocycles. The van der Waals surface area contributed by atoms with E-state index in [0.717, 1.165) is 32.1 Å². The van der Waals surface area contributed by atoms with Gasteiger partial charge in [0.25, 0.3) is 0 Å². The fourth-order valence-electron chi connectivity index (χ4n) is 2.35. The molecule has 0 saturated carbocycles. The number of carboxylic acid groups (broad SMARTS) is 1. The van der Waals surface area contributed by atoms with E-state index in [2.05, 4.69) is 6.92 Å². The summed E-state index contributed by atoms with van der Waals surface area (Å²) in [4.78, 5) is 22.9. The van der Waals surface area contributed by atoms with E-state index < -0.39 is 11.9 Å². The highest BCUT2D eigenvalue weighted by molar-refractivity contribution is 5.72. The van der Waals surface area contributed by atoms with Crippen LogP contribution in [0.25, 0.3) is 0 Å². The highest BCUT2D eigenvalue weighted by Crippen LogP contribution is 2.17. The maximum Gasteiger partial charge on any atom is 0.309 e. The summed E-state index contributed by atoms with van der Waals surface area (Å²) in [7, 11) is 0. The number of aliphatic carboxylic acids is 1. The van der Waals surface area contributed by atoms with Crippen LogP contribution in [0.2, 0.25) is 0 Å². The van der Waals surface area contributed by atoms with Gasteiger partial charge in [-0.25, -0.2) is 0 Å². The second kappa shape index (κ2) is 13.4. The second-order valence-corrected chi connectivity index (χ2v) is 5.69. The fourth-order valence-corrected chi connectivity index (χ4v) is 2.35. The van der Waals surface area contributed by atoms with Crippen LogP contribution in [0.4, 0.5) is 0 Å². The molecule has 0 amide bonds. The third kappa shape index (κ3) is 9.59. The lowest BCUT2D eigenvalue weighted by Gasteiger charge is -2.16. The molecule has 0 spiro atoms. The SMILES string of the molecule is CCCCC(CC=CCC(CCCC)C(=O)OCC)C(=O)[O-]. The largest absolute Gasteiger partial charge is 0.550 e. The van der Waals surface area contributed by atoms with Gasteiger partial charge in [0.15, 0.2) is 0 Å². The van der Waals surface area contributed by atoms with E-state index in [4.69, 9.17) is 4.74 Å². The summed E-state index contributed by atoms with van der Waals surface area (Å²) in [6.07, 6.45) is 10.3. The zero-order valence-corrected chi connectivity index (χ0v) is 14.3. The molecule has 0 saturated heterocycles. The van der Waals surface area contributed by atoms with E-state index in [1.807, 2.05) is 26.0 Å². The average Bonchev–Trinajstić information content (AvgIpc) is 2.49. The number of carbonyl (C=O) groups is 2. The Bertz CT molecular complexity index is 336. The van der Waals surface area contributed by atoms with Crippen molar-refractivity contribution in [2.45, 2.75) is 72.1 Å². The van der Waals surface area contributed by atoms with Crippen LogP contribution in [0.1, 0.15) is 72.1 Å². The highest BCUT2D eigenvalue weighted by Gasteiger charge is 2.17. The Hall–Kier alpha value is -1.32. The van der Waals surface area contributed by atoms with Gasteiger partial charge in [-0.3, -0.25) is 4.79 Å². The van der Waals surface area contributed by atoms with E-state index in [9.17, 15) is 14.7 Å². The maximum absolute atomic E-state index is 11.9. The lowest BCUT2D eigenvalue weighted by molar-refractivity contribution is -0.311. The molecule has 22 heavy (non-hydrogen) atoms. The predicted molar refractivity (Wildman–Crippen MR) is 86.0 cm³/mol. The molecule has 0 aromatic heterocycles. The number of ether oxygens (including phenoxy) is 1. The van der Waals surface area contributed by atoms with Crippen LogP contribution in [0.5, 0.6) is 0 Å². The molecule has 0 radical (unpaired) electrons. The first-order valence-electron chi connectivity index (χ1n) is 8.59. The second-order valence-electron chi connectivity index (χ2n) is 5.69. The normalized spacial score (nSPS) is 14.0. The predicted octanol–water partition coefficient (Wildman–Crippen LogP) is 3.25. The van der Waals surface area contributed by atoms with Crippen molar-refractivity contribution in [2.75, 3.05) is 6.61 Å². The zero-order valence-electron chi connectivity index (χ0n) is 14.3. The molecule has 128 valence electrons. The first kappa shape index (κ1) is 20.7. The van der Waals surface area contributed by atoms with Gasteiger partial charge in [-0.1, -0.05) is 51.7 Å². The van der Waals surface area contributed by atoms with Crippen LogP contribution in [-0.4, -0.2) is 18.5 Å². The number of rotatable bonds is 13. The number of carboxylic acids is 1. The quantitative estimate of drug-likeness (QED) is 0.387. The van der Waals surface area contributed by atoms with Gasteiger partial charge in [-0.05, 0) is 32.6 Å². The van der Waals surface area contributed by atoms with Gasteiger partial charge in [0.2, 0.25) is 0 Å². The molecule has 0 aliphatic rings. The van der Waals surface area contributed by atoms with Crippen molar-refractivity contribution < 1.29 is 19.4 Å². The Labute approximate surface area is 134 Å². The Balaban J connectivity index is 4.35. The van der Waals surface area contributed by atoms with Gasteiger partial charge in [0, 0.05) is 11.9 Å². The first-order chi connectivity index (χ1) is 10.6. The Morgan fingerprint density at radius 1 is 0.955 bits per heavy atom. The van der Waals surface area contributed by atoms with Crippen molar-refractivity contribution in [1.29, 1.82) is 0 Å². The van der Waals surface area contributed by atoms with Gasteiger partial charge in [0.05, 0.1) is 12.5 Å².